The Morgan fingerprint density at radius 2 is 1.59 bits per heavy atom. The van der Waals surface area contributed by atoms with Gasteiger partial charge in [0.1, 0.15) is 5.60 Å². The summed E-state index contributed by atoms with van der Waals surface area (Å²) in [5.74, 6) is -2.57. The number of aliphatic hydroxyl groups is 1. The summed E-state index contributed by atoms with van der Waals surface area (Å²) in [6.07, 6.45) is -1.56. The average molecular weight is 640 g/mol. The van der Waals surface area contributed by atoms with Crippen LogP contribution in [0.5, 0.6) is 0 Å². The number of para-hydroxylation sites is 2. The summed E-state index contributed by atoms with van der Waals surface area (Å²) in [4.78, 5) is 42.0. The molecular weight excluding hydrogens is 600 g/mol. The third-order valence-electron chi connectivity index (χ3n) is 6.86. The summed E-state index contributed by atoms with van der Waals surface area (Å²) in [5.41, 5.74) is 1.07. The predicted molar refractivity (Wildman–Crippen MR) is 170 cm³/mol. The maximum absolute atomic E-state index is 13.8. The minimum atomic E-state index is -1.10. The first kappa shape index (κ1) is 34.3. The third-order valence-corrected chi connectivity index (χ3v) is 6.86. The molecule has 3 aromatic carbocycles. The van der Waals surface area contributed by atoms with Gasteiger partial charge in [0.2, 0.25) is 0 Å². The molecule has 13 heteroatoms. The summed E-state index contributed by atoms with van der Waals surface area (Å²) < 4.78 is 37.8. The number of hydrogen-bond acceptors (Lipinski definition) is 7. The number of urea groups is 1. The molecule has 1 fully saturated rings. The number of benzene rings is 3. The second-order valence-corrected chi connectivity index (χ2v) is 11.8. The van der Waals surface area contributed by atoms with E-state index in [1.165, 1.54) is 11.0 Å². The van der Waals surface area contributed by atoms with E-state index in [2.05, 4.69) is 16.0 Å². The maximum atomic E-state index is 13.8. The smallest absolute Gasteiger partial charge is 0.412 e. The van der Waals surface area contributed by atoms with E-state index in [-0.39, 0.29) is 18.8 Å². The van der Waals surface area contributed by atoms with Gasteiger partial charge in [-0.25, -0.2) is 18.4 Å². The Morgan fingerprint density at radius 1 is 0.935 bits per heavy atom. The summed E-state index contributed by atoms with van der Waals surface area (Å²) in [7, 11) is 0. The van der Waals surface area contributed by atoms with E-state index in [0.29, 0.717) is 55.3 Å². The van der Waals surface area contributed by atoms with Gasteiger partial charge in [0, 0.05) is 50.0 Å². The third kappa shape index (κ3) is 10.5. The summed E-state index contributed by atoms with van der Waals surface area (Å²) >= 11 is 0. The molecule has 0 radical (unpaired) electrons. The van der Waals surface area contributed by atoms with Gasteiger partial charge >= 0.3 is 12.1 Å². The van der Waals surface area contributed by atoms with E-state index >= 15 is 0 Å². The molecule has 4 amide bonds. The zero-order chi connectivity index (χ0) is 33.3. The minimum Gasteiger partial charge on any atom is -0.444 e. The number of hydrogen-bond donors (Lipinski definition) is 4. The van der Waals surface area contributed by atoms with Crippen molar-refractivity contribution in [1.82, 2.24) is 9.80 Å². The lowest BCUT2D eigenvalue weighted by Gasteiger charge is -2.31. The molecule has 0 bridgehead atoms. The van der Waals surface area contributed by atoms with Crippen molar-refractivity contribution >= 4 is 35.1 Å². The molecule has 1 heterocycles. The summed E-state index contributed by atoms with van der Waals surface area (Å²) in [6, 6.07) is 15.6. The van der Waals surface area contributed by atoms with Gasteiger partial charge in [0.25, 0.3) is 5.91 Å². The van der Waals surface area contributed by atoms with Gasteiger partial charge in [-0.05, 0) is 62.7 Å². The van der Waals surface area contributed by atoms with E-state index in [1.54, 1.807) is 69.3 Å². The monoisotopic (exact) mass is 639 g/mol. The van der Waals surface area contributed by atoms with Gasteiger partial charge in [-0.2, -0.15) is 0 Å². The Kier molecular flexibility index (Phi) is 11.6. The first-order valence-electron chi connectivity index (χ1n) is 14.8. The number of halogens is 2. The van der Waals surface area contributed by atoms with Gasteiger partial charge in [-0.3, -0.25) is 15.0 Å². The molecule has 246 valence electrons. The molecule has 46 heavy (non-hydrogen) atoms. The number of carbonyl (C=O) groups is 3. The summed E-state index contributed by atoms with van der Waals surface area (Å²) in [6.45, 7) is 7.99. The second kappa shape index (κ2) is 15.6. The molecule has 1 unspecified atom stereocenters. The van der Waals surface area contributed by atoms with Crippen LogP contribution in [0.2, 0.25) is 0 Å². The van der Waals surface area contributed by atoms with Gasteiger partial charge in [-0.1, -0.05) is 24.3 Å². The highest BCUT2D eigenvalue weighted by molar-refractivity contribution is 6.06. The molecule has 11 nitrogen and oxygen atoms in total. The van der Waals surface area contributed by atoms with Crippen LogP contribution in [0.15, 0.2) is 66.7 Å². The molecule has 1 saturated heterocycles. The van der Waals surface area contributed by atoms with E-state index < -0.39 is 41.4 Å². The van der Waals surface area contributed by atoms with Gasteiger partial charge < -0.3 is 30.1 Å². The van der Waals surface area contributed by atoms with Crippen molar-refractivity contribution in [3.63, 3.8) is 0 Å². The van der Waals surface area contributed by atoms with Crippen molar-refractivity contribution in [3.8, 4) is 0 Å². The number of nitrogens with one attached hydrogen (secondary N) is 3. The van der Waals surface area contributed by atoms with Gasteiger partial charge in [-0.15, -0.1) is 0 Å². The van der Waals surface area contributed by atoms with Crippen LogP contribution in [0.1, 0.15) is 36.7 Å². The Labute approximate surface area is 266 Å². The van der Waals surface area contributed by atoms with Crippen molar-refractivity contribution in [2.75, 3.05) is 55.3 Å². The van der Waals surface area contributed by atoms with Crippen molar-refractivity contribution < 1.29 is 37.7 Å². The first-order chi connectivity index (χ1) is 21.9. The molecule has 3 aromatic rings. The van der Waals surface area contributed by atoms with Crippen molar-refractivity contribution in [1.29, 1.82) is 0 Å². The van der Waals surface area contributed by atoms with Crippen molar-refractivity contribution in [3.05, 3.63) is 89.5 Å². The van der Waals surface area contributed by atoms with E-state index in [9.17, 15) is 28.3 Å². The standard InChI is InChI=1S/C33H39F2N5O6/c1-33(2,3)46-32(44)38-29-7-5-4-6-28(29)37-30(42)23-10-8-22(9-11-23)19-40(21-25(41)20-39-14-16-45-17-15-39)31(43)36-24-12-13-26(34)27(35)18-24/h4-13,18,25,41H,14-17,19-21H2,1-3H3,(H,36,43)(H,37,42)(H,38,44). The zero-order valence-corrected chi connectivity index (χ0v) is 26.0. The lowest BCUT2D eigenvalue weighted by Crippen LogP contribution is -2.46. The number of carbonyl (C=O) groups excluding carboxylic acids is 3. The molecule has 0 aliphatic carbocycles. The molecule has 4 N–H and O–H groups in total. The number of aliphatic hydroxyl groups excluding tert-OH is 1. The highest BCUT2D eigenvalue weighted by atomic mass is 19.2. The van der Waals surface area contributed by atoms with E-state index in [1.807, 2.05) is 4.90 Å². The van der Waals surface area contributed by atoms with Crippen LogP contribution in [-0.2, 0) is 16.0 Å². The molecule has 1 aliphatic heterocycles. The normalized spacial score (nSPS) is 14.2. The summed E-state index contributed by atoms with van der Waals surface area (Å²) in [5, 5.41) is 18.8. The zero-order valence-electron chi connectivity index (χ0n) is 26.0. The largest absolute Gasteiger partial charge is 0.444 e. The van der Waals surface area contributed by atoms with Crippen LogP contribution in [0, 0.1) is 11.6 Å². The Bertz CT molecular complexity index is 1510. The predicted octanol–water partition coefficient (Wildman–Crippen LogP) is 5.29. The molecule has 0 spiro atoms. The fourth-order valence-corrected chi connectivity index (χ4v) is 4.68. The van der Waals surface area contributed by atoms with Crippen molar-refractivity contribution in [2.24, 2.45) is 0 Å². The molecule has 1 aliphatic rings. The number of anilines is 3. The van der Waals surface area contributed by atoms with Crippen LogP contribution in [0.4, 0.5) is 35.4 Å². The fraction of sp³-hybridized carbons (Fsp3) is 0.364. The molecule has 4 rings (SSSR count). The van der Waals surface area contributed by atoms with E-state index in [4.69, 9.17) is 9.47 Å². The maximum Gasteiger partial charge on any atom is 0.412 e. The second-order valence-electron chi connectivity index (χ2n) is 11.8. The number of ether oxygens (including phenoxy) is 2. The SMILES string of the molecule is CC(C)(C)OC(=O)Nc1ccccc1NC(=O)c1ccc(CN(CC(O)CN2CCOCC2)C(=O)Nc2ccc(F)c(F)c2)cc1. The lowest BCUT2D eigenvalue weighted by atomic mass is 10.1. The van der Waals surface area contributed by atoms with Gasteiger partial charge in [0.05, 0.1) is 30.7 Å². The van der Waals surface area contributed by atoms with E-state index in [0.717, 1.165) is 12.1 Å². The van der Waals surface area contributed by atoms with Crippen molar-refractivity contribution in [2.45, 2.75) is 39.0 Å². The van der Waals surface area contributed by atoms with Gasteiger partial charge in [0.15, 0.2) is 11.6 Å². The Balaban J connectivity index is 1.43. The van der Waals surface area contributed by atoms with Crippen LogP contribution in [0.25, 0.3) is 0 Å². The molecule has 0 saturated carbocycles. The number of nitrogens with zero attached hydrogens (tertiary/aromatic N) is 2. The molecule has 0 aromatic heterocycles. The number of amides is 4. The fourth-order valence-electron chi connectivity index (χ4n) is 4.68. The molecule has 1 atom stereocenters. The number of rotatable bonds is 10. The number of β-amino-alcohol motifs (C(OH)–C–C–N with tert-alkyl or cyclic N) is 1. The molecular formula is C33H39F2N5O6. The Hall–Kier alpha value is -4.59. The lowest BCUT2D eigenvalue weighted by molar-refractivity contribution is 0.00941. The Morgan fingerprint density at radius 3 is 2.22 bits per heavy atom. The minimum absolute atomic E-state index is 0.0451. The number of morpholine rings is 1. The van der Waals surface area contributed by atoms with Crippen LogP contribution in [-0.4, -0.2) is 84.0 Å². The highest BCUT2D eigenvalue weighted by Gasteiger charge is 2.22. The highest BCUT2D eigenvalue weighted by Crippen LogP contribution is 2.23. The topological polar surface area (TPSA) is 132 Å². The average Bonchev–Trinajstić information content (AvgIpc) is 2.99. The first-order valence-corrected chi connectivity index (χ1v) is 14.8. The quantitative estimate of drug-likeness (QED) is 0.237. The van der Waals surface area contributed by atoms with Crippen LogP contribution >= 0.6 is 0 Å². The van der Waals surface area contributed by atoms with Crippen LogP contribution in [0.3, 0.4) is 0 Å². The van der Waals surface area contributed by atoms with Crippen LogP contribution < -0.4 is 16.0 Å².